The van der Waals surface area contributed by atoms with Crippen LogP contribution in [0, 0.1) is 5.92 Å². The fraction of sp³-hybridized carbons (Fsp3) is 0.300. The molecule has 3 aromatic rings. The molecule has 1 aromatic carbocycles. The summed E-state index contributed by atoms with van der Waals surface area (Å²) in [6.07, 6.45) is 8.43. The van der Waals surface area contributed by atoms with E-state index in [4.69, 9.17) is 16.3 Å². The maximum Gasteiger partial charge on any atom is 0.213 e. The number of aromatic nitrogens is 3. The number of nitrogens with one attached hydrogen (secondary N) is 1. The normalized spacial score (nSPS) is 17.5. The lowest BCUT2D eigenvalue weighted by Gasteiger charge is -2.21. The van der Waals surface area contributed by atoms with Crippen molar-refractivity contribution >= 4 is 28.2 Å². The molecule has 0 radical (unpaired) electrons. The molecule has 0 saturated heterocycles. The van der Waals surface area contributed by atoms with Gasteiger partial charge in [0.05, 0.1) is 18.1 Å². The second-order valence-corrected chi connectivity index (χ2v) is 6.94. The van der Waals surface area contributed by atoms with Gasteiger partial charge in [0.15, 0.2) is 0 Å². The largest absolute Gasteiger partial charge is 0.481 e. The van der Waals surface area contributed by atoms with Crippen LogP contribution in [0.5, 0.6) is 5.88 Å². The van der Waals surface area contributed by atoms with Crippen LogP contribution in [0.15, 0.2) is 42.6 Å². The number of nitrogens with zero attached hydrogens (tertiary/aromatic N) is 2. The van der Waals surface area contributed by atoms with Gasteiger partial charge >= 0.3 is 0 Å². The van der Waals surface area contributed by atoms with Crippen LogP contribution in [0.4, 0.5) is 0 Å². The van der Waals surface area contributed by atoms with E-state index in [0.717, 1.165) is 47.6 Å². The fourth-order valence-electron chi connectivity index (χ4n) is 3.46. The number of halogens is 1. The number of fused-ring (bicyclic) bond motifs is 1. The zero-order chi connectivity index (χ0) is 17.2. The third kappa shape index (κ3) is 3.54. The number of H-pyrrole nitrogens is 1. The predicted octanol–water partition coefficient (Wildman–Crippen LogP) is 5.05. The van der Waals surface area contributed by atoms with Crippen LogP contribution in [0.2, 0.25) is 5.02 Å². The molecule has 0 fully saturated rings. The fourth-order valence-corrected chi connectivity index (χ4v) is 3.63. The molecule has 0 bridgehead atoms. The molecule has 1 aliphatic carbocycles. The quantitative estimate of drug-likeness (QED) is 0.714. The van der Waals surface area contributed by atoms with Crippen LogP contribution >= 0.6 is 11.6 Å². The van der Waals surface area contributed by atoms with E-state index in [-0.39, 0.29) is 0 Å². The summed E-state index contributed by atoms with van der Waals surface area (Å²) >= 11 is 6.05. The maximum absolute atomic E-state index is 6.05. The first kappa shape index (κ1) is 16.2. The van der Waals surface area contributed by atoms with E-state index in [1.165, 1.54) is 11.1 Å². The SMILES string of the molecule is COc1cc(C2=CCC(Cc3nc4ccc(Cl)cc4[nH]3)CC2)ccn1. The predicted molar refractivity (Wildman–Crippen MR) is 101 cm³/mol. The van der Waals surface area contributed by atoms with Gasteiger partial charge in [-0.3, -0.25) is 0 Å². The van der Waals surface area contributed by atoms with Gasteiger partial charge in [-0.15, -0.1) is 0 Å². The average molecular weight is 354 g/mol. The summed E-state index contributed by atoms with van der Waals surface area (Å²) in [5.41, 5.74) is 4.59. The average Bonchev–Trinajstić information content (AvgIpc) is 3.03. The first-order chi connectivity index (χ1) is 12.2. The van der Waals surface area contributed by atoms with Gasteiger partial charge in [-0.05, 0) is 60.6 Å². The van der Waals surface area contributed by atoms with Gasteiger partial charge in [-0.1, -0.05) is 17.7 Å². The van der Waals surface area contributed by atoms with Crippen molar-refractivity contribution < 1.29 is 4.74 Å². The Balaban J connectivity index is 1.46. The van der Waals surface area contributed by atoms with Crippen molar-refractivity contribution in [2.45, 2.75) is 25.7 Å². The second-order valence-electron chi connectivity index (χ2n) is 6.51. The third-order valence-electron chi connectivity index (χ3n) is 4.81. The number of pyridine rings is 1. The first-order valence-corrected chi connectivity index (χ1v) is 8.92. The molecule has 4 nitrogen and oxygen atoms in total. The number of allylic oxidation sites excluding steroid dienone is 2. The Morgan fingerprint density at radius 3 is 3.00 bits per heavy atom. The molecule has 0 spiro atoms. The van der Waals surface area contributed by atoms with E-state index >= 15 is 0 Å². The minimum Gasteiger partial charge on any atom is -0.481 e. The molecule has 0 saturated carbocycles. The highest BCUT2D eigenvalue weighted by molar-refractivity contribution is 6.31. The number of rotatable bonds is 4. The molecule has 2 aromatic heterocycles. The highest BCUT2D eigenvalue weighted by Gasteiger charge is 2.18. The van der Waals surface area contributed by atoms with E-state index in [1.807, 2.05) is 24.3 Å². The molecule has 1 aliphatic rings. The lowest BCUT2D eigenvalue weighted by molar-refractivity contribution is 0.397. The minimum atomic E-state index is 0.614. The zero-order valence-corrected chi connectivity index (χ0v) is 14.9. The summed E-state index contributed by atoms with van der Waals surface area (Å²) in [5, 5.41) is 0.737. The number of hydrogen-bond donors (Lipinski definition) is 1. The molecular formula is C20H20ClN3O. The number of benzene rings is 1. The van der Waals surface area contributed by atoms with E-state index < -0.39 is 0 Å². The highest BCUT2D eigenvalue weighted by atomic mass is 35.5. The summed E-state index contributed by atoms with van der Waals surface area (Å²) in [4.78, 5) is 12.3. The molecule has 1 N–H and O–H groups in total. The van der Waals surface area contributed by atoms with Crippen molar-refractivity contribution in [3.05, 3.63) is 59.0 Å². The summed E-state index contributed by atoms with van der Waals surface area (Å²) in [5.74, 6) is 2.33. The van der Waals surface area contributed by atoms with Gasteiger partial charge in [-0.25, -0.2) is 9.97 Å². The Hall–Kier alpha value is -2.33. The maximum atomic E-state index is 6.05. The molecule has 5 heteroatoms. The summed E-state index contributed by atoms with van der Waals surface area (Å²) < 4.78 is 5.22. The van der Waals surface area contributed by atoms with E-state index in [0.29, 0.717) is 11.8 Å². The van der Waals surface area contributed by atoms with Crippen LogP contribution in [0.1, 0.15) is 30.7 Å². The number of imidazole rings is 1. The molecular weight excluding hydrogens is 334 g/mol. The Morgan fingerprint density at radius 2 is 2.20 bits per heavy atom. The van der Waals surface area contributed by atoms with Crippen LogP contribution in [0.25, 0.3) is 16.6 Å². The lowest BCUT2D eigenvalue weighted by atomic mass is 9.85. The molecule has 25 heavy (non-hydrogen) atoms. The minimum absolute atomic E-state index is 0.614. The van der Waals surface area contributed by atoms with Crippen molar-refractivity contribution in [1.82, 2.24) is 15.0 Å². The van der Waals surface area contributed by atoms with Gasteiger partial charge in [0.1, 0.15) is 5.82 Å². The van der Waals surface area contributed by atoms with E-state index in [2.05, 4.69) is 27.1 Å². The van der Waals surface area contributed by atoms with Crippen LogP contribution < -0.4 is 4.74 Å². The van der Waals surface area contributed by atoms with Crippen molar-refractivity contribution in [3.8, 4) is 5.88 Å². The molecule has 1 unspecified atom stereocenters. The molecule has 2 heterocycles. The summed E-state index contributed by atoms with van der Waals surface area (Å²) in [7, 11) is 1.65. The molecule has 128 valence electrons. The van der Waals surface area contributed by atoms with Gasteiger partial charge in [0, 0.05) is 23.7 Å². The van der Waals surface area contributed by atoms with Crippen LogP contribution in [0.3, 0.4) is 0 Å². The standard InChI is InChI=1S/C20H20ClN3O/c1-25-20-11-15(8-9-22-20)14-4-2-13(3-5-14)10-19-23-17-7-6-16(21)12-18(17)24-19/h4,6-9,11-13H,2-3,5,10H2,1H3,(H,23,24). The smallest absolute Gasteiger partial charge is 0.213 e. The summed E-state index contributed by atoms with van der Waals surface area (Å²) in [6, 6.07) is 9.84. The molecule has 0 amide bonds. The molecule has 0 aliphatic heterocycles. The molecule has 4 rings (SSSR count). The first-order valence-electron chi connectivity index (χ1n) is 8.55. The van der Waals surface area contributed by atoms with E-state index in [1.54, 1.807) is 13.3 Å². The lowest BCUT2D eigenvalue weighted by Crippen LogP contribution is -2.09. The summed E-state index contributed by atoms with van der Waals surface area (Å²) in [6.45, 7) is 0. The number of ether oxygens (including phenoxy) is 1. The van der Waals surface area contributed by atoms with Crippen molar-refractivity contribution in [1.29, 1.82) is 0 Å². The van der Waals surface area contributed by atoms with Gasteiger partial charge in [-0.2, -0.15) is 0 Å². The Labute approximate surface area is 151 Å². The van der Waals surface area contributed by atoms with Crippen molar-refractivity contribution in [2.24, 2.45) is 5.92 Å². The van der Waals surface area contributed by atoms with Gasteiger partial charge in [0.25, 0.3) is 0 Å². The topological polar surface area (TPSA) is 50.8 Å². The number of hydrogen-bond acceptors (Lipinski definition) is 3. The van der Waals surface area contributed by atoms with Crippen LogP contribution in [-0.2, 0) is 6.42 Å². The monoisotopic (exact) mass is 353 g/mol. The van der Waals surface area contributed by atoms with E-state index in [9.17, 15) is 0 Å². The Morgan fingerprint density at radius 1 is 1.28 bits per heavy atom. The van der Waals surface area contributed by atoms with Gasteiger partial charge < -0.3 is 9.72 Å². The highest BCUT2D eigenvalue weighted by Crippen LogP contribution is 2.32. The number of aromatic amines is 1. The Bertz CT molecular complexity index is 932. The van der Waals surface area contributed by atoms with Crippen molar-refractivity contribution in [3.63, 3.8) is 0 Å². The van der Waals surface area contributed by atoms with Crippen LogP contribution in [-0.4, -0.2) is 22.1 Å². The van der Waals surface area contributed by atoms with Gasteiger partial charge in [0.2, 0.25) is 5.88 Å². The molecule has 1 atom stereocenters. The zero-order valence-electron chi connectivity index (χ0n) is 14.1. The Kier molecular flexibility index (Phi) is 4.45. The third-order valence-corrected chi connectivity index (χ3v) is 5.04. The second kappa shape index (κ2) is 6.89. The number of methoxy groups -OCH3 is 1. The van der Waals surface area contributed by atoms with Crippen molar-refractivity contribution in [2.75, 3.05) is 7.11 Å².